The minimum Gasteiger partial charge on any atom is -0.376 e. The van der Waals surface area contributed by atoms with Gasteiger partial charge < -0.3 is 23.7 Å². The summed E-state index contributed by atoms with van der Waals surface area (Å²) in [4.78, 5) is 0. The van der Waals surface area contributed by atoms with Crippen LogP contribution in [0.3, 0.4) is 0 Å². The lowest BCUT2D eigenvalue weighted by Gasteiger charge is -2.40. The molecule has 4 atom stereocenters. The van der Waals surface area contributed by atoms with Gasteiger partial charge in [-0.15, -0.1) is 6.58 Å². The Morgan fingerprint density at radius 1 is 1.14 bits per heavy atom. The molecule has 0 amide bonds. The zero-order valence-corrected chi connectivity index (χ0v) is 13.1. The highest BCUT2D eigenvalue weighted by Crippen LogP contribution is 2.24. The fourth-order valence-electron chi connectivity index (χ4n) is 2.47. The van der Waals surface area contributed by atoms with Crippen molar-refractivity contribution in [2.24, 2.45) is 0 Å². The quantitative estimate of drug-likeness (QED) is 0.689. The Labute approximate surface area is 131 Å². The zero-order chi connectivity index (χ0) is 15.8. The van der Waals surface area contributed by atoms with Crippen molar-refractivity contribution in [3.05, 3.63) is 48.6 Å². The molecule has 0 N–H and O–H groups in total. The summed E-state index contributed by atoms with van der Waals surface area (Å²) in [7, 11) is 3.26. The number of hydrogen-bond donors (Lipinski definition) is 0. The largest absolute Gasteiger partial charge is 0.376 e. The van der Waals surface area contributed by atoms with Gasteiger partial charge >= 0.3 is 0 Å². The summed E-state index contributed by atoms with van der Waals surface area (Å²) in [5.41, 5.74) is 1.10. The Bertz CT molecular complexity index is 436. The summed E-state index contributed by atoms with van der Waals surface area (Å²) >= 11 is 0. The van der Waals surface area contributed by atoms with E-state index in [2.05, 4.69) is 6.58 Å². The van der Waals surface area contributed by atoms with Crippen molar-refractivity contribution < 1.29 is 23.7 Å². The van der Waals surface area contributed by atoms with Crippen LogP contribution in [0.15, 0.2) is 43.0 Å². The van der Waals surface area contributed by atoms with Crippen LogP contribution in [0.1, 0.15) is 5.56 Å². The van der Waals surface area contributed by atoms with E-state index in [1.165, 1.54) is 0 Å². The van der Waals surface area contributed by atoms with Crippen LogP contribution < -0.4 is 0 Å². The van der Waals surface area contributed by atoms with Crippen molar-refractivity contribution in [2.75, 3.05) is 27.4 Å². The average Bonchev–Trinajstić information content (AvgIpc) is 2.58. The lowest BCUT2D eigenvalue weighted by atomic mass is 10.0. The van der Waals surface area contributed by atoms with Gasteiger partial charge in [0, 0.05) is 14.2 Å². The fraction of sp³-hybridized carbons (Fsp3) is 0.529. The molecule has 0 aromatic heterocycles. The van der Waals surface area contributed by atoms with Crippen molar-refractivity contribution in [1.29, 1.82) is 0 Å². The van der Waals surface area contributed by atoms with E-state index in [1.54, 1.807) is 20.3 Å². The monoisotopic (exact) mass is 308 g/mol. The normalized spacial score (nSPS) is 28.5. The van der Waals surface area contributed by atoms with E-state index >= 15 is 0 Å². The van der Waals surface area contributed by atoms with Crippen molar-refractivity contribution in [2.45, 2.75) is 31.2 Å². The summed E-state index contributed by atoms with van der Waals surface area (Å²) < 4.78 is 28.3. The van der Waals surface area contributed by atoms with E-state index in [0.29, 0.717) is 19.8 Å². The molecule has 0 spiro atoms. The standard InChI is InChI=1S/C17H24O5/c1-4-10-20-17-16(19-3)15(14(18-2)12-22-17)21-11-13-8-6-5-7-9-13/h4-9,14-17H,1,10-12H2,2-3H3/t14-,15-,16-,17+/m0/s1. The van der Waals surface area contributed by atoms with E-state index < -0.39 is 6.29 Å². The smallest absolute Gasteiger partial charge is 0.186 e. The molecule has 0 saturated carbocycles. The van der Waals surface area contributed by atoms with Crippen molar-refractivity contribution in [3.8, 4) is 0 Å². The Morgan fingerprint density at radius 2 is 1.91 bits per heavy atom. The maximum Gasteiger partial charge on any atom is 0.186 e. The molecule has 5 heteroatoms. The minimum absolute atomic E-state index is 0.197. The Balaban J connectivity index is 2.02. The highest BCUT2D eigenvalue weighted by atomic mass is 16.7. The highest BCUT2D eigenvalue weighted by Gasteiger charge is 2.42. The van der Waals surface area contributed by atoms with Crippen molar-refractivity contribution >= 4 is 0 Å². The molecule has 1 aliphatic rings. The van der Waals surface area contributed by atoms with Crippen LogP contribution in [0.5, 0.6) is 0 Å². The van der Waals surface area contributed by atoms with Gasteiger partial charge in [0.2, 0.25) is 0 Å². The molecule has 0 aliphatic carbocycles. The van der Waals surface area contributed by atoms with Gasteiger partial charge in [0.25, 0.3) is 0 Å². The molecule has 5 nitrogen and oxygen atoms in total. The highest BCUT2D eigenvalue weighted by molar-refractivity contribution is 5.13. The van der Waals surface area contributed by atoms with Crippen molar-refractivity contribution in [1.82, 2.24) is 0 Å². The maximum atomic E-state index is 6.05. The average molecular weight is 308 g/mol. The van der Waals surface area contributed by atoms with Gasteiger partial charge in [0.15, 0.2) is 6.29 Å². The second-order valence-corrected chi connectivity index (χ2v) is 5.06. The third-order valence-corrected chi connectivity index (χ3v) is 3.62. The third-order valence-electron chi connectivity index (χ3n) is 3.62. The molecular formula is C17H24O5. The van der Waals surface area contributed by atoms with Crippen LogP contribution in [0.2, 0.25) is 0 Å². The van der Waals surface area contributed by atoms with Gasteiger partial charge in [-0.1, -0.05) is 36.4 Å². The van der Waals surface area contributed by atoms with Gasteiger partial charge in [0.1, 0.15) is 18.3 Å². The lowest BCUT2D eigenvalue weighted by molar-refractivity contribution is -0.286. The molecule has 122 valence electrons. The summed E-state index contributed by atoms with van der Waals surface area (Å²) in [6.45, 7) is 4.93. The van der Waals surface area contributed by atoms with Gasteiger partial charge in [0.05, 0.1) is 19.8 Å². The third kappa shape index (κ3) is 4.38. The molecule has 1 aliphatic heterocycles. The second-order valence-electron chi connectivity index (χ2n) is 5.06. The van der Waals surface area contributed by atoms with Crippen LogP contribution in [0, 0.1) is 0 Å². The second kappa shape index (κ2) is 9.02. The molecule has 22 heavy (non-hydrogen) atoms. The molecule has 1 heterocycles. The molecule has 0 unspecified atom stereocenters. The van der Waals surface area contributed by atoms with Crippen LogP contribution in [0.4, 0.5) is 0 Å². The van der Waals surface area contributed by atoms with Crippen LogP contribution >= 0.6 is 0 Å². The van der Waals surface area contributed by atoms with Crippen LogP contribution in [-0.4, -0.2) is 52.0 Å². The SMILES string of the molecule is C=CCO[C@@H]1OC[C@H](OC)[C@H](OCc2ccccc2)[C@@H]1OC. The van der Waals surface area contributed by atoms with Gasteiger partial charge in [-0.05, 0) is 5.56 Å². The van der Waals surface area contributed by atoms with E-state index in [0.717, 1.165) is 5.56 Å². The molecule has 1 aromatic rings. The predicted octanol–water partition coefficient (Wildman–Crippen LogP) is 2.16. The number of rotatable bonds is 8. The molecule has 0 radical (unpaired) electrons. The number of benzene rings is 1. The maximum absolute atomic E-state index is 6.05. The Hall–Kier alpha value is -1.24. The van der Waals surface area contributed by atoms with Crippen LogP contribution in [-0.2, 0) is 30.3 Å². The first-order chi connectivity index (χ1) is 10.8. The summed E-state index contributed by atoms with van der Waals surface area (Å²) in [5.74, 6) is 0. The van der Waals surface area contributed by atoms with Gasteiger partial charge in [-0.2, -0.15) is 0 Å². The van der Waals surface area contributed by atoms with Gasteiger partial charge in [-0.3, -0.25) is 0 Å². The van der Waals surface area contributed by atoms with Crippen LogP contribution in [0.25, 0.3) is 0 Å². The topological polar surface area (TPSA) is 46.2 Å². The molecule has 1 saturated heterocycles. The molecule has 1 aromatic carbocycles. The molecule has 2 rings (SSSR count). The fourth-order valence-corrected chi connectivity index (χ4v) is 2.47. The molecule has 0 bridgehead atoms. The number of hydrogen-bond acceptors (Lipinski definition) is 5. The predicted molar refractivity (Wildman–Crippen MR) is 82.5 cm³/mol. The number of methoxy groups -OCH3 is 2. The summed E-state index contributed by atoms with van der Waals surface area (Å²) in [6, 6.07) is 10.00. The zero-order valence-electron chi connectivity index (χ0n) is 13.1. The minimum atomic E-state index is -0.491. The summed E-state index contributed by atoms with van der Waals surface area (Å²) in [5, 5.41) is 0. The van der Waals surface area contributed by atoms with E-state index in [9.17, 15) is 0 Å². The first-order valence-corrected chi connectivity index (χ1v) is 7.35. The lowest BCUT2D eigenvalue weighted by Crippen LogP contribution is -2.56. The molecular weight excluding hydrogens is 284 g/mol. The van der Waals surface area contributed by atoms with E-state index in [4.69, 9.17) is 23.7 Å². The van der Waals surface area contributed by atoms with Crippen molar-refractivity contribution in [3.63, 3.8) is 0 Å². The Kier molecular flexibility index (Phi) is 7.02. The first-order valence-electron chi connectivity index (χ1n) is 7.35. The Morgan fingerprint density at radius 3 is 2.55 bits per heavy atom. The molecule has 1 fully saturated rings. The first kappa shape index (κ1) is 17.1. The van der Waals surface area contributed by atoms with E-state index in [1.807, 2.05) is 30.3 Å². The van der Waals surface area contributed by atoms with Gasteiger partial charge in [-0.25, -0.2) is 0 Å². The number of ether oxygens (including phenoxy) is 5. The summed E-state index contributed by atoms with van der Waals surface area (Å²) in [6.07, 6.45) is 0.367. The van der Waals surface area contributed by atoms with E-state index in [-0.39, 0.29) is 18.3 Å².